The number of hydrogen-bond acceptors (Lipinski definition) is 5. The van der Waals surface area contributed by atoms with Crippen LogP contribution in [0.2, 0.25) is 0 Å². The number of carbonyl (C=O) groups is 2. The molecule has 0 bridgehead atoms. The zero-order chi connectivity index (χ0) is 47.9. The number of aliphatic hydroxyl groups is 2. The van der Waals surface area contributed by atoms with Gasteiger partial charge in [0, 0.05) is 12.8 Å². The van der Waals surface area contributed by atoms with E-state index < -0.39 is 12.1 Å². The van der Waals surface area contributed by atoms with Gasteiger partial charge in [0.1, 0.15) is 0 Å². The van der Waals surface area contributed by atoms with Gasteiger partial charge in [-0.25, -0.2) is 0 Å². The second-order valence-electron chi connectivity index (χ2n) is 20.3. The van der Waals surface area contributed by atoms with E-state index >= 15 is 0 Å². The molecule has 66 heavy (non-hydrogen) atoms. The van der Waals surface area contributed by atoms with Gasteiger partial charge in [0.05, 0.1) is 25.4 Å². The fourth-order valence-corrected chi connectivity index (χ4v) is 9.16. The third-order valence-corrected chi connectivity index (χ3v) is 13.7. The SMILES string of the molecule is CCCCCCCCCCCCCCCCCCCC/C=C/C(O)C(CO)NC(=O)CCCCCCC/C=C\CCCCOC(=O)CCCCCCCCCCCCCCCCCCCC. The van der Waals surface area contributed by atoms with Crippen LogP contribution in [0.25, 0.3) is 0 Å². The quantitative estimate of drug-likeness (QED) is 0.0321. The maximum absolute atomic E-state index is 12.5. The lowest BCUT2D eigenvalue weighted by molar-refractivity contribution is -0.143. The van der Waals surface area contributed by atoms with E-state index in [1.807, 2.05) is 6.08 Å². The first-order chi connectivity index (χ1) is 32.5. The number of hydrogen-bond donors (Lipinski definition) is 3. The molecule has 2 atom stereocenters. The van der Waals surface area contributed by atoms with Crippen molar-refractivity contribution in [2.24, 2.45) is 0 Å². The van der Waals surface area contributed by atoms with Gasteiger partial charge in [0.2, 0.25) is 5.91 Å². The maximum Gasteiger partial charge on any atom is 0.305 e. The maximum atomic E-state index is 12.5. The standard InChI is InChI=1S/C60H115NO5/c1-3-5-7-9-11-13-15-17-19-21-23-24-25-27-29-32-36-40-44-48-52-58(63)57(56-62)61-59(64)53-49-45-41-37-33-31-35-39-43-47-51-55-66-60(65)54-50-46-42-38-34-30-28-26-22-20-18-16-14-12-10-8-6-4-2/h35,39,48,52,57-58,62-63H,3-34,36-38,40-47,49-51,53-56H2,1-2H3,(H,61,64)/b39-35-,52-48+. The summed E-state index contributed by atoms with van der Waals surface area (Å²) in [6.07, 6.45) is 67.8. The summed E-state index contributed by atoms with van der Waals surface area (Å²) in [7, 11) is 0. The van der Waals surface area contributed by atoms with Gasteiger partial charge in [-0.3, -0.25) is 9.59 Å². The van der Waals surface area contributed by atoms with Crippen molar-refractivity contribution in [3.8, 4) is 0 Å². The van der Waals surface area contributed by atoms with E-state index in [1.54, 1.807) is 6.08 Å². The molecular weight excluding hydrogens is 815 g/mol. The van der Waals surface area contributed by atoms with Crippen LogP contribution >= 0.6 is 0 Å². The Balaban J connectivity index is 3.51. The third kappa shape index (κ3) is 51.7. The summed E-state index contributed by atoms with van der Waals surface area (Å²) in [6, 6.07) is -0.649. The van der Waals surface area contributed by atoms with Gasteiger partial charge in [0.25, 0.3) is 0 Å². The molecular formula is C60H115NO5. The molecule has 0 rings (SSSR count). The zero-order valence-electron chi connectivity index (χ0n) is 44.4. The highest BCUT2D eigenvalue weighted by Gasteiger charge is 2.18. The second-order valence-corrected chi connectivity index (χ2v) is 20.3. The highest BCUT2D eigenvalue weighted by atomic mass is 16.5. The van der Waals surface area contributed by atoms with E-state index in [2.05, 4.69) is 31.3 Å². The molecule has 0 aliphatic carbocycles. The van der Waals surface area contributed by atoms with E-state index in [-0.39, 0.29) is 18.5 Å². The third-order valence-electron chi connectivity index (χ3n) is 13.7. The number of allylic oxidation sites excluding steroid dienone is 3. The van der Waals surface area contributed by atoms with Crippen LogP contribution in [0, 0.1) is 0 Å². The monoisotopic (exact) mass is 930 g/mol. The Labute approximate surface area is 411 Å². The molecule has 2 unspecified atom stereocenters. The minimum absolute atomic E-state index is 0.0281. The number of ether oxygens (including phenoxy) is 1. The lowest BCUT2D eigenvalue weighted by Gasteiger charge is -2.20. The molecule has 3 N–H and O–H groups in total. The van der Waals surface area contributed by atoms with Gasteiger partial charge in [-0.2, -0.15) is 0 Å². The van der Waals surface area contributed by atoms with Crippen molar-refractivity contribution >= 4 is 11.9 Å². The van der Waals surface area contributed by atoms with Crippen molar-refractivity contribution in [3.63, 3.8) is 0 Å². The molecule has 0 saturated heterocycles. The van der Waals surface area contributed by atoms with E-state index in [0.29, 0.717) is 19.4 Å². The number of esters is 1. The van der Waals surface area contributed by atoms with Crippen LogP contribution in [0.1, 0.15) is 322 Å². The summed E-state index contributed by atoms with van der Waals surface area (Å²) in [4.78, 5) is 24.5. The molecule has 0 aliphatic rings. The number of nitrogens with one attached hydrogen (secondary N) is 1. The van der Waals surface area contributed by atoms with Crippen molar-refractivity contribution in [1.29, 1.82) is 0 Å². The van der Waals surface area contributed by atoms with Gasteiger partial charge < -0.3 is 20.3 Å². The molecule has 0 aromatic rings. The van der Waals surface area contributed by atoms with Crippen LogP contribution in [0.15, 0.2) is 24.3 Å². The van der Waals surface area contributed by atoms with Crippen molar-refractivity contribution in [3.05, 3.63) is 24.3 Å². The molecule has 0 aromatic carbocycles. The minimum atomic E-state index is -0.863. The van der Waals surface area contributed by atoms with Gasteiger partial charge in [-0.15, -0.1) is 0 Å². The lowest BCUT2D eigenvalue weighted by Crippen LogP contribution is -2.45. The van der Waals surface area contributed by atoms with Gasteiger partial charge >= 0.3 is 5.97 Å². The smallest absolute Gasteiger partial charge is 0.305 e. The molecule has 0 radical (unpaired) electrons. The Bertz CT molecular complexity index is 1030. The van der Waals surface area contributed by atoms with E-state index in [0.717, 1.165) is 83.5 Å². The minimum Gasteiger partial charge on any atom is -0.466 e. The Hall–Kier alpha value is -1.66. The summed E-state index contributed by atoms with van der Waals surface area (Å²) in [5, 5.41) is 23.1. The highest BCUT2D eigenvalue weighted by Crippen LogP contribution is 2.17. The molecule has 0 aliphatic heterocycles. The summed E-state index contributed by atoms with van der Waals surface area (Å²) in [6.45, 7) is 4.85. The number of carbonyl (C=O) groups excluding carboxylic acids is 2. The summed E-state index contributed by atoms with van der Waals surface area (Å²) in [5.74, 6) is -0.122. The lowest BCUT2D eigenvalue weighted by atomic mass is 10.0. The van der Waals surface area contributed by atoms with Gasteiger partial charge in [0.15, 0.2) is 0 Å². The molecule has 0 aromatic heterocycles. The molecule has 0 heterocycles. The van der Waals surface area contributed by atoms with E-state index in [1.165, 1.54) is 212 Å². The fourth-order valence-electron chi connectivity index (χ4n) is 9.16. The Morgan fingerprint density at radius 1 is 0.409 bits per heavy atom. The fraction of sp³-hybridized carbons (Fsp3) is 0.900. The molecule has 6 heteroatoms. The number of aliphatic hydroxyl groups excluding tert-OH is 2. The van der Waals surface area contributed by atoms with Crippen LogP contribution in [-0.2, 0) is 14.3 Å². The molecule has 1 amide bonds. The van der Waals surface area contributed by atoms with Gasteiger partial charge in [-0.1, -0.05) is 276 Å². The Morgan fingerprint density at radius 2 is 0.712 bits per heavy atom. The molecule has 6 nitrogen and oxygen atoms in total. The predicted molar refractivity (Wildman–Crippen MR) is 287 cm³/mol. The van der Waals surface area contributed by atoms with E-state index in [9.17, 15) is 19.8 Å². The van der Waals surface area contributed by atoms with Crippen LogP contribution in [0.5, 0.6) is 0 Å². The van der Waals surface area contributed by atoms with Crippen LogP contribution in [0.3, 0.4) is 0 Å². The van der Waals surface area contributed by atoms with Crippen LogP contribution in [0.4, 0.5) is 0 Å². The van der Waals surface area contributed by atoms with Crippen molar-refractivity contribution in [2.45, 2.75) is 334 Å². The molecule has 0 saturated carbocycles. The average Bonchev–Trinajstić information content (AvgIpc) is 3.32. The topological polar surface area (TPSA) is 95.9 Å². The Kier molecular flexibility index (Phi) is 54.5. The first-order valence-electron chi connectivity index (χ1n) is 29.6. The zero-order valence-corrected chi connectivity index (χ0v) is 44.4. The largest absolute Gasteiger partial charge is 0.466 e. The summed E-state index contributed by atoms with van der Waals surface area (Å²) in [5.41, 5.74) is 0. The second kappa shape index (κ2) is 55.9. The normalized spacial score (nSPS) is 12.7. The van der Waals surface area contributed by atoms with Crippen molar-refractivity contribution in [1.82, 2.24) is 5.32 Å². The first kappa shape index (κ1) is 64.3. The van der Waals surface area contributed by atoms with Crippen molar-refractivity contribution < 1.29 is 24.5 Å². The number of rotatable bonds is 55. The average molecular weight is 931 g/mol. The van der Waals surface area contributed by atoms with Crippen LogP contribution in [-0.4, -0.2) is 47.4 Å². The highest BCUT2D eigenvalue weighted by molar-refractivity contribution is 5.76. The Morgan fingerprint density at radius 3 is 1.08 bits per heavy atom. The predicted octanol–water partition coefficient (Wildman–Crippen LogP) is 18.2. The molecule has 0 fully saturated rings. The van der Waals surface area contributed by atoms with Gasteiger partial charge in [-0.05, 0) is 57.8 Å². The van der Waals surface area contributed by atoms with E-state index in [4.69, 9.17) is 4.74 Å². The summed E-state index contributed by atoms with van der Waals surface area (Å²) < 4.78 is 5.46. The molecule has 390 valence electrons. The number of unbranched alkanes of at least 4 members (excludes halogenated alkanes) is 42. The van der Waals surface area contributed by atoms with Crippen molar-refractivity contribution in [2.75, 3.05) is 13.2 Å². The molecule has 0 spiro atoms. The first-order valence-corrected chi connectivity index (χ1v) is 29.6. The number of amides is 1. The summed E-state index contributed by atoms with van der Waals surface area (Å²) >= 11 is 0. The van der Waals surface area contributed by atoms with Crippen LogP contribution < -0.4 is 5.32 Å².